The normalized spacial score (nSPS) is 11.6. The third-order valence-corrected chi connectivity index (χ3v) is 2.42. The molecule has 5 nitrogen and oxygen atoms in total. The number of phosphoric ester groups is 1. The molecule has 0 radical (unpaired) electrons. The van der Waals surface area contributed by atoms with E-state index in [1.54, 1.807) is 12.1 Å². The fourth-order valence-corrected chi connectivity index (χ4v) is 1.49. The lowest BCUT2D eigenvalue weighted by molar-refractivity contribution is 0.0678. The number of phosphoric acid groups is 1. The summed E-state index contributed by atoms with van der Waals surface area (Å²) in [6.45, 7) is 4.01. The number of hydrogen-bond donors (Lipinski definition) is 2. The molecule has 0 bridgehead atoms. The van der Waals surface area contributed by atoms with Gasteiger partial charge in [0.25, 0.3) is 0 Å². The van der Waals surface area contributed by atoms with Gasteiger partial charge in [0.2, 0.25) is 0 Å². The Balaban J connectivity index is 2.82. The first-order valence-electron chi connectivity index (χ1n) is 4.69. The van der Waals surface area contributed by atoms with Gasteiger partial charge in [-0.05, 0) is 23.6 Å². The average Bonchev–Trinajstić information content (AvgIpc) is 2.15. The second kappa shape index (κ2) is 4.78. The van der Waals surface area contributed by atoms with Crippen LogP contribution >= 0.6 is 7.82 Å². The van der Waals surface area contributed by atoms with Crippen molar-refractivity contribution < 1.29 is 23.7 Å². The van der Waals surface area contributed by atoms with Crippen LogP contribution in [0.3, 0.4) is 0 Å². The third-order valence-electron chi connectivity index (χ3n) is 2.01. The topological polar surface area (TPSA) is 83.8 Å². The van der Waals surface area contributed by atoms with E-state index in [-0.39, 0.29) is 5.56 Å². The number of rotatable bonds is 3. The Bertz CT molecular complexity index is 417. The maximum atomic E-state index is 11.2. The quantitative estimate of drug-likeness (QED) is 0.795. The molecule has 0 aliphatic rings. The summed E-state index contributed by atoms with van der Waals surface area (Å²) < 4.78 is 14.4. The third kappa shape index (κ3) is 3.77. The summed E-state index contributed by atoms with van der Waals surface area (Å²) in [7, 11) is -4.77. The van der Waals surface area contributed by atoms with Crippen molar-refractivity contribution >= 4 is 13.8 Å². The van der Waals surface area contributed by atoms with Crippen LogP contribution in [-0.2, 0) is 9.09 Å². The van der Waals surface area contributed by atoms with Crippen LogP contribution in [0.4, 0.5) is 0 Å². The van der Waals surface area contributed by atoms with Crippen LogP contribution in [0.15, 0.2) is 24.3 Å². The zero-order valence-electron chi connectivity index (χ0n) is 8.95. The predicted octanol–water partition coefficient (Wildman–Crippen LogP) is 2.06. The van der Waals surface area contributed by atoms with E-state index in [0.29, 0.717) is 5.92 Å². The van der Waals surface area contributed by atoms with Crippen LogP contribution < -0.4 is 0 Å². The van der Waals surface area contributed by atoms with Gasteiger partial charge < -0.3 is 4.52 Å². The highest BCUT2D eigenvalue weighted by Crippen LogP contribution is 2.36. The van der Waals surface area contributed by atoms with Gasteiger partial charge in [-0.3, -0.25) is 9.79 Å². The van der Waals surface area contributed by atoms with Crippen molar-refractivity contribution in [1.82, 2.24) is 0 Å². The molecular weight excluding hydrogens is 231 g/mol. The highest BCUT2D eigenvalue weighted by molar-refractivity contribution is 7.46. The molecule has 0 amide bonds. The van der Waals surface area contributed by atoms with Gasteiger partial charge in [-0.15, -0.1) is 0 Å². The first kappa shape index (κ1) is 12.9. The summed E-state index contributed by atoms with van der Waals surface area (Å²) in [5.74, 6) is -0.699. The van der Waals surface area contributed by atoms with Gasteiger partial charge in [-0.2, -0.15) is 0 Å². The van der Waals surface area contributed by atoms with Gasteiger partial charge in [-0.25, -0.2) is 9.36 Å². The summed E-state index contributed by atoms with van der Waals surface area (Å²) >= 11 is 0. The van der Waals surface area contributed by atoms with Gasteiger partial charge in [0.1, 0.15) is 0 Å². The molecule has 6 heteroatoms. The molecular formula is C10H13O5P. The first-order valence-corrected chi connectivity index (χ1v) is 6.22. The maximum absolute atomic E-state index is 11.2. The highest BCUT2D eigenvalue weighted by atomic mass is 31.2. The fraction of sp³-hybridized carbons (Fsp3) is 0.300. The van der Waals surface area contributed by atoms with Gasteiger partial charge in [-0.1, -0.05) is 26.0 Å². The summed E-state index contributed by atoms with van der Waals surface area (Å²) in [6.07, 6.45) is 0. The van der Waals surface area contributed by atoms with Crippen LogP contribution in [-0.4, -0.2) is 15.8 Å². The molecule has 2 N–H and O–H groups in total. The Morgan fingerprint density at radius 1 is 1.25 bits per heavy atom. The first-order chi connectivity index (χ1) is 7.29. The number of carbonyl (C=O) groups is 1. The molecule has 0 aliphatic heterocycles. The van der Waals surface area contributed by atoms with Crippen LogP contribution in [0.25, 0.3) is 0 Å². The lowest BCUT2D eigenvalue weighted by Crippen LogP contribution is -2.03. The molecule has 1 rings (SSSR count). The second-order valence-electron chi connectivity index (χ2n) is 3.65. The van der Waals surface area contributed by atoms with Crippen LogP contribution in [0.2, 0.25) is 0 Å². The Labute approximate surface area is 93.3 Å². The molecule has 0 saturated heterocycles. The Morgan fingerprint density at radius 2 is 1.75 bits per heavy atom. The van der Waals surface area contributed by atoms with E-state index in [0.717, 1.165) is 5.56 Å². The van der Waals surface area contributed by atoms with Crippen molar-refractivity contribution in [1.29, 1.82) is 0 Å². The number of benzene rings is 1. The monoisotopic (exact) mass is 244 g/mol. The maximum Gasteiger partial charge on any atom is 0.527 e. The average molecular weight is 244 g/mol. The largest absolute Gasteiger partial charge is 0.527 e. The van der Waals surface area contributed by atoms with E-state index in [2.05, 4.69) is 4.52 Å². The van der Waals surface area contributed by atoms with E-state index in [9.17, 15) is 9.36 Å². The SMILES string of the molecule is CC(C)c1ccc(C(=O)OP(=O)(O)O)cc1. The van der Waals surface area contributed by atoms with Crippen molar-refractivity contribution in [2.45, 2.75) is 19.8 Å². The van der Waals surface area contributed by atoms with Gasteiger partial charge in [0.15, 0.2) is 0 Å². The van der Waals surface area contributed by atoms with E-state index in [1.165, 1.54) is 12.1 Å². The molecule has 0 fully saturated rings. The molecule has 0 atom stereocenters. The molecule has 88 valence electrons. The van der Waals surface area contributed by atoms with E-state index in [1.807, 2.05) is 13.8 Å². The Morgan fingerprint density at radius 3 is 2.12 bits per heavy atom. The summed E-state index contributed by atoms with van der Waals surface area (Å²) in [4.78, 5) is 28.1. The summed E-state index contributed by atoms with van der Waals surface area (Å²) in [6, 6.07) is 6.41. The fourth-order valence-electron chi connectivity index (χ4n) is 1.16. The zero-order valence-corrected chi connectivity index (χ0v) is 9.85. The van der Waals surface area contributed by atoms with Gasteiger partial charge >= 0.3 is 13.8 Å². The molecule has 0 unspecified atom stereocenters. The molecule has 16 heavy (non-hydrogen) atoms. The molecule has 0 heterocycles. The molecule has 0 aromatic heterocycles. The molecule has 1 aromatic carbocycles. The van der Waals surface area contributed by atoms with Crippen molar-refractivity contribution in [3.63, 3.8) is 0 Å². The predicted molar refractivity (Wildman–Crippen MR) is 58.0 cm³/mol. The smallest absolute Gasteiger partial charge is 0.367 e. The minimum absolute atomic E-state index is 0.118. The van der Waals surface area contributed by atoms with Crippen molar-refractivity contribution in [3.05, 3.63) is 35.4 Å². The van der Waals surface area contributed by atoms with E-state index < -0.39 is 13.8 Å². The lowest BCUT2D eigenvalue weighted by Gasteiger charge is -2.07. The molecule has 0 saturated carbocycles. The van der Waals surface area contributed by atoms with Gasteiger partial charge in [0.05, 0.1) is 5.56 Å². The van der Waals surface area contributed by atoms with Gasteiger partial charge in [0, 0.05) is 0 Å². The molecule has 0 aliphatic carbocycles. The summed E-state index contributed by atoms with van der Waals surface area (Å²) in [5, 5.41) is 0. The zero-order chi connectivity index (χ0) is 12.3. The molecule has 1 aromatic rings. The van der Waals surface area contributed by atoms with Crippen molar-refractivity contribution in [3.8, 4) is 0 Å². The molecule has 0 spiro atoms. The Hall–Kier alpha value is -1.16. The lowest BCUT2D eigenvalue weighted by atomic mass is 10.0. The van der Waals surface area contributed by atoms with Crippen molar-refractivity contribution in [2.24, 2.45) is 0 Å². The minimum atomic E-state index is -4.77. The second-order valence-corrected chi connectivity index (χ2v) is 4.81. The summed E-state index contributed by atoms with van der Waals surface area (Å²) in [5.41, 5.74) is 1.15. The highest BCUT2D eigenvalue weighted by Gasteiger charge is 2.21. The van der Waals surface area contributed by atoms with Crippen LogP contribution in [0, 0.1) is 0 Å². The standard InChI is InChI=1S/C10H13O5P/c1-7(2)8-3-5-9(6-4-8)10(11)15-16(12,13)14/h3-7H,1-2H3,(H2,12,13,14). The van der Waals surface area contributed by atoms with Crippen molar-refractivity contribution in [2.75, 3.05) is 0 Å². The number of hydrogen-bond acceptors (Lipinski definition) is 3. The number of carbonyl (C=O) groups excluding carboxylic acids is 1. The van der Waals surface area contributed by atoms with E-state index in [4.69, 9.17) is 9.79 Å². The Kier molecular flexibility index (Phi) is 3.86. The van der Waals surface area contributed by atoms with Crippen LogP contribution in [0.5, 0.6) is 0 Å². The minimum Gasteiger partial charge on any atom is -0.367 e. The van der Waals surface area contributed by atoms with Crippen LogP contribution in [0.1, 0.15) is 35.7 Å². The van der Waals surface area contributed by atoms with E-state index >= 15 is 0 Å².